The van der Waals surface area contributed by atoms with E-state index in [0.29, 0.717) is 24.1 Å². The second-order valence-electron chi connectivity index (χ2n) is 5.77. The molecule has 0 radical (unpaired) electrons. The summed E-state index contributed by atoms with van der Waals surface area (Å²) in [6, 6.07) is 9.40. The summed E-state index contributed by atoms with van der Waals surface area (Å²) in [7, 11) is 1.58. The highest BCUT2D eigenvalue weighted by atomic mass is 16.5. The Kier molecular flexibility index (Phi) is 3.56. The van der Waals surface area contributed by atoms with Crippen molar-refractivity contribution in [1.29, 1.82) is 0 Å². The zero-order valence-corrected chi connectivity index (χ0v) is 13.2. The quantitative estimate of drug-likeness (QED) is 0.701. The van der Waals surface area contributed by atoms with E-state index in [-0.39, 0.29) is 5.69 Å². The number of rotatable bonds is 5. The number of tetrazole rings is 1. The van der Waals surface area contributed by atoms with Crippen molar-refractivity contribution in [2.75, 3.05) is 0 Å². The molecule has 1 aliphatic rings. The molecule has 122 valence electrons. The van der Waals surface area contributed by atoms with Crippen LogP contribution < -0.4 is 10.4 Å². The van der Waals surface area contributed by atoms with E-state index in [1.807, 2.05) is 12.1 Å². The first-order valence-corrected chi connectivity index (χ1v) is 7.75. The van der Waals surface area contributed by atoms with Gasteiger partial charge in [-0.25, -0.2) is 4.79 Å². The molecule has 0 atom stereocenters. The Morgan fingerprint density at radius 1 is 1.21 bits per heavy atom. The lowest BCUT2D eigenvalue weighted by Crippen LogP contribution is -2.23. The van der Waals surface area contributed by atoms with Crippen LogP contribution in [0.5, 0.6) is 5.88 Å². The van der Waals surface area contributed by atoms with E-state index in [9.17, 15) is 4.79 Å². The van der Waals surface area contributed by atoms with Gasteiger partial charge in [0.2, 0.25) is 5.88 Å². The molecule has 1 saturated carbocycles. The number of benzene rings is 1. The lowest BCUT2D eigenvalue weighted by molar-refractivity contribution is 0.288. The van der Waals surface area contributed by atoms with Crippen LogP contribution in [0.15, 0.2) is 41.3 Å². The van der Waals surface area contributed by atoms with Gasteiger partial charge in [-0.2, -0.15) is 14.5 Å². The second kappa shape index (κ2) is 5.88. The van der Waals surface area contributed by atoms with Crippen LogP contribution in [0.4, 0.5) is 0 Å². The Morgan fingerprint density at radius 3 is 2.75 bits per heavy atom. The maximum absolute atomic E-state index is 12.2. The average Bonchev–Trinajstić information content (AvgIpc) is 3.41. The molecule has 0 unspecified atom stereocenters. The van der Waals surface area contributed by atoms with Crippen LogP contribution in [0.3, 0.4) is 0 Å². The molecule has 0 bridgehead atoms. The average molecular weight is 324 g/mol. The van der Waals surface area contributed by atoms with Crippen molar-refractivity contribution < 1.29 is 4.74 Å². The minimum absolute atomic E-state index is 0.288. The summed E-state index contributed by atoms with van der Waals surface area (Å²) in [5.41, 5.74) is 2.53. The molecule has 1 aliphatic carbocycles. The SMILES string of the molecule is Cn1nnn(-c2cccc(C3CC3)c2COc2cccnn2)c1=O. The minimum atomic E-state index is -0.288. The largest absolute Gasteiger partial charge is 0.472 e. The molecule has 4 rings (SSSR count). The number of hydrogen-bond donors (Lipinski definition) is 0. The smallest absolute Gasteiger partial charge is 0.368 e. The molecule has 24 heavy (non-hydrogen) atoms. The molecule has 2 aromatic heterocycles. The van der Waals surface area contributed by atoms with Crippen LogP contribution in [0.2, 0.25) is 0 Å². The summed E-state index contributed by atoms with van der Waals surface area (Å²) in [5, 5.41) is 15.5. The number of hydrogen-bond acceptors (Lipinski definition) is 6. The third kappa shape index (κ3) is 2.66. The molecule has 0 amide bonds. The summed E-state index contributed by atoms with van der Waals surface area (Å²) in [4.78, 5) is 12.2. The van der Waals surface area contributed by atoms with Crippen LogP contribution in [-0.4, -0.2) is 30.0 Å². The van der Waals surface area contributed by atoms with Crippen molar-refractivity contribution in [3.63, 3.8) is 0 Å². The van der Waals surface area contributed by atoms with Crippen molar-refractivity contribution in [3.8, 4) is 11.6 Å². The van der Waals surface area contributed by atoms with E-state index in [4.69, 9.17) is 4.74 Å². The van der Waals surface area contributed by atoms with Crippen molar-refractivity contribution in [3.05, 3.63) is 58.1 Å². The van der Waals surface area contributed by atoms with Gasteiger partial charge in [0.1, 0.15) is 6.61 Å². The second-order valence-corrected chi connectivity index (χ2v) is 5.77. The van der Waals surface area contributed by atoms with Gasteiger partial charge in [0.05, 0.1) is 5.69 Å². The highest BCUT2D eigenvalue weighted by molar-refractivity contribution is 5.47. The Balaban J connectivity index is 1.75. The lowest BCUT2D eigenvalue weighted by atomic mass is 10.0. The number of aryl methyl sites for hydroxylation is 1. The Bertz CT molecular complexity index is 914. The van der Waals surface area contributed by atoms with Crippen molar-refractivity contribution >= 4 is 0 Å². The third-order valence-electron chi connectivity index (χ3n) is 4.07. The standard InChI is InChI=1S/C16H16N6O2/c1-21-16(23)22(20-19-21)14-5-2-4-12(11-7-8-11)13(14)10-24-15-6-3-9-17-18-15/h2-6,9,11H,7-8,10H2,1H3. The predicted molar refractivity (Wildman–Crippen MR) is 84.9 cm³/mol. The maximum atomic E-state index is 12.2. The first kappa shape index (κ1) is 14.6. The van der Waals surface area contributed by atoms with Gasteiger partial charge in [0.15, 0.2) is 0 Å². The number of nitrogens with zero attached hydrogens (tertiary/aromatic N) is 6. The first-order chi connectivity index (χ1) is 11.7. The van der Waals surface area contributed by atoms with Crippen LogP contribution in [0.25, 0.3) is 5.69 Å². The fourth-order valence-electron chi connectivity index (χ4n) is 2.70. The summed E-state index contributed by atoms with van der Waals surface area (Å²) in [5.74, 6) is 0.957. The van der Waals surface area contributed by atoms with Gasteiger partial charge in [0, 0.05) is 24.9 Å². The van der Waals surface area contributed by atoms with Crippen molar-refractivity contribution in [1.82, 2.24) is 30.0 Å². The van der Waals surface area contributed by atoms with Gasteiger partial charge in [-0.15, -0.1) is 5.10 Å². The highest BCUT2D eigenvalue weighted by Crippen LogP contribution is 2.42. The predicted octanol–water partition coefficient (Wildman–Crippen LogP) is 1.21. The molecular formula is C16H16N6O2. The summed E-state index contributed by atoms with van der Waals surface area (Å²) in [6.45, 7) is 0.295. The Morgan fingerprint density at radius 2 is 2.08 bits per heavy atom. The Hall–Kier alpha value is -3.03. The van der Waals surface area contributed by atoms with Crippen molar-refractivity contribution in [2.24, 2.45) is 7.05 Å². The normalized spacial score (nSPS) is 13.9. The molecule has 2 heterocycles. The first-order valence-electron chi connectivity index (χ1n) is 7.75. The molecule has 0 aliphatic heterocycles. The Labute approximate surface area is 137 Å². The topological polar surface area (TPSA) is 87.7 Å². The van der Waals surface area contributed by atoms with E-state index in [2.05, 4.69) is 26.7 Å². The van der Waals surface area contributed by atoms with Crippen LogP contribution in [0.1, 0.15) is 29.9 Å². The molecular weight excluding hydrogens is 308 g/mol. The van der Waals surface area contributed by atoms with Crippen LogP contribution in [0, 0.1) is 0 Å². The molecule has 8 nitrogen and oxygen atoms in total. The molecule has 8 heteroatoms. The highest BCUT2D eigenvalue weighted by Gasteiger charge is 2.28. The lowest BCUT2D eigenvalue weighted by Gasteiger charge is -2.14. The fourth-order valence-corrected chi connectivity index (χ4v) is 2.70. The maximum Gasteiger partial charge on any atom is 0.368 e. The number of ether oxygens (including phenoxy) is 1. The summed E-state index contributed by atoms with van der Waals surface area (Å²) >= 11 is 0. The molecule has 1 fully saturated rings. The monoisotopic (exact) mass is 324 g/mol. The van der Waals surface area contributed by atoms with Gasteiger partial charge < -0.3 is 4.74 Å². The van der Waals surface area contributed by atoms with E-state index < -0.39 is 0 Å². The molecule has 1 aromatic carbocycles. The van der Waals surface area contributed by atoms with Gasteiger partial charge in [-0.05, 0) is 46.9 Å². The fraction of sp³-hybridized carbons (Fsp3) is 0.312. The van der Waals surface area contributed by atoms with E-state index in [1.54, 1.807) is 25.4 Å². The van der Waals surface area contributed by atoms with E-state index >= 15 is 0 Å². The summed E-state index contributed by atoms with van der Waals surface area (Å²) < 4.78 is 8.29. The zero-order chi connectivity index (χ0) is 16.5. The van der Waals surface area contributed by atoms with Gasteiger partial charge in [0.25, 0.3) is 0 Å². The van der Waals surface area contributed by atoms with E-state index in [0.717, 1.165) is 18.4 Å². The van der Waals surface area contributed by atoms with Crippen LogP contribution >= 0.6 is 0 Å². The number of aromatic nitrogens is 6. The van der Waals surface area contributed by atoms with Crippen molar-refractivity contribution in [2.45, 2.75) is 25.4 Å². The molecule has 0 spiro atoms. The van der Waals surface area contributed by atoms with Gasteiger partial charge >= 0.3 is 5.69 Å². The van der Waals surface area contributed by atoms with E-state index in [1.165, 1.54) is 14.9 Å². The zero-order valence-electron chi connectivity index (χ0n) is 13.2. The minimum Gasteiger partial charge on any atom is -0.472 e. The molecule has 3 aromatic rings. The van der Waals surface area contributed by atoms with Gasteiger partial charge in [-0.3, -0.25) is 0 Å². The van der Waals surface area contributed by atoms with Gasteiger partial charge in [-0.1, -0.05) is 12.1 Å². The summed E-state index contributed by atoms with van der Waals surface area (Å²) in [6.07, 6.45) is 3.89. The molecule has 0 N–H and O–H groups in total. The third-order valence-corrected chi connectivity index (χ3v) is 4.07. The molecule has 0 saturated heterocycles. The van der Waals surface area contributed by atoms with Crippen LogP contribution in [-0.2, 0) is 13.7 Å².